The summed E-state index contributed by atoms with van der Waals surface area (Å²) < 4.78 is 5.17. The number of nitrogens with one attached hydrogen (secondary N) is 1. The molecule has 1 aliphatic heterocycles. The van der Waals surface area contributed by atoms with E-state index in [0.717, 1.165) is 10.5 Å². The van der Waals surface area contributed by atoms with E-state index < -0.39 is 35.9 Å². The van der Waals surface area contributed by atoms with Gasteiger partial charge in [0.1, 0.15) is 11.6 Å². The molecule has 3 amide bonds. The van der Waals surface area contributed by atoms with Gasteiger partial charge in [-0.1, -0.05) is 12.1 Å². The van der Waals surface area contributed by atoms with Gasteiger partial charge in [-0.25, -0.2) is 19.5 Å². The maximum Gasteiger partial charge on any atom is 0.327 e. The third-order valence-corrected chi connectivity index (χ3v) is 4.92. The molecule has 0 aliphatic carbocycles. The van der Waals surface area contributed by atoms with E-state index >= 15 is 0 Å². The van der Waals surface area contributed by atoms with Crippen molar-refractivity contribution in [2.24, 2.45) is 5.92 Å². The Morgan fingerprint density at radius 1 is 1.34 bits per heavy atom. The second kappa shape index (κ2) is 8.17. The molecule has 2 aromatic rings. The van der Waals surface area contributed by atoms with Gasteiger partial charge in [-0.05, 0) is 48.7 Å². The highest BCUT2D eigenvalue weighted by Gasteiger charge is 2.54. The summed E-state index contributed by atoms with van der Waals surface area (Å²) in [5.74, 6) is -1.71. The number of nitrogen functional groups attached to an aromatic ring is 1. The summed E-state index contributed by atoms with van der Waals surface area (Å²) in [6.45, 7) is 1.74. The van der Waals surface area contributed by atoms with E-state index in [-0.39, 0.29) is 12.2 Å². The fraction of sp³-hybridized carbons (Fsp3) is 0.300. The van der Waals surface area contributed by atoms with Crippen LogP contribution in [0.4, 0.5) is 10.6 Å². The molecule has 0 radical (unpaired) electrons. The molecule has 1 aliphatic rings. The van der Waals surface area contributed by atoms with Crippen molar-refractivity contribution < 1.29 is 24.2 Å². The molecule has 0 saturated carbocycles. The van der Waals surface area contributed by atoms with Crippen LogP contribution in [0.25, 0.3) is 0 Å². The Morgan fingerprint density at radius 3 is 2.76 bits per heavy atom. The Morgan fingerprint density at radius 2 is 2.10 bits per heavy atom. The molecule has 3 atom stereocenters. The summed E-state index contributed by atoms with van der Waals surface area (Å²) >= 11 is 0. The molecule has 3 rings (SSSR count). The topological polar surface area (TPSA) is 135 Å². The van der Waals surface area contributed by atoms with Gasteiger partial charge in [-0.15, -0.1) is 0 Å². The predicted octanol–water partition coefficient (Wildman–Crippen LogP) is 1.60. The van der Waals surface area contributed by atoms with Crippen molar-refractivity contribution in [2.75, 3.05) is 12.8 Å². The number of amides is 3. The van der Waals surface area contributed by atoms with Crippen molar-refractivity contribution >= 4 is 23.7 Å². The number of methoxy groups -OCH3 is 1. The fourth-order valence-electron chi connectivity index (χ4n) is 3.38. The van der Waals surface area contributed by atoms with E-state index in [2.05, 4.69) is 10.3 Å². The number of benzene rings is 1. The molecule has 152 valence electrons. The zero-order chi connectivity index (χ0) is 21.1. The molecular weight excluding hydrogens is 376 g/mol. The molecule has 29 heavy (non-hydrogen) atoms. The van der Waals surface area contributed by atoms with Gasteiger partial charge in [0.15, 0.2) is 6.04 Å². The number of carboxylic acid groups (broad SMARTS) is 1. The van der Waals surface area contributed by atoms with Gasteiger partial charge >= 0.3 is 12.0 Å². The lowest BCUT2D eigenvalue weighted by molar-refractivity contribution is -0.165. The number of aromatic nitrogens is 1. The van der Waals surface area contributed by atoms with Crippen LogP contribution in [0.3, 0.4) is 0 Å². The van der Waals surface area contributed by atoms with Crippen LogP contribution in [-0.2, 0) is 16.0 Å². The van der Waals surface area contributed by atoms with Crippen LogP contribution in [-0.4, -0.2) is 46.0 Å². The first kappa shape index (κ1) is 20.1. The number of ether oxygens (including phenoxy) is 1. The number of urea groups is 1. The van der Waals surface area contributed by atoms with Gasteiger partial charge in [0.05, 0.1) is 19.1 Å². The standard InChI is InChI=1S/C20H22N4O5/c1-11(13-4-3-5-14(10-13)29-2)23-20(28)24-17(19(26)27)15(18(24)25)8-12-6-7-22-16(21)9-12/h3-7,9-11,15,17H,8H2,1-2H3,(H2,21,22)(H,23,28)(H,26,27)/t11-,15-,17+/m1/s1. The Kier molecular flexibility index (Phi) is 5.67. The lowest BCUT2D eigenvalue weighted by atomic mass is 9.82. The number of hydrogen-bond acceptors (Lipinski definition) is 6. The molecule has 0 unspecified atom stereocenters. The van der Waals surface area contributed by atoms with E-state index in [4.69, 9.17) is 10.5 Å². The first-order valence-electron chi connectivity index (χ1n) is 9.02. The molecule has 4 N–H and O–H groups in total. The third kappa shape index (κ3) is 4.13. The van der Waals surface area contributed by atoms with Crippen LogP contribution in [0.15, 0.2) is 42.6 Å². The lowest BCUT2D eigenvalue weighted by Crippen LogP contribution is -2.68. The highest BCUT2D eigenvalue weighted by atomic mass is 16.5. The van der Waals surface area contributed by atoms with Crippen molar-refractivity contribution in [1.82, 2.24) is 15.2 Å². The number of likely N-dealkylation sites (tertiary alicyclic amines) is 1. The van der Waals surface area contributed by atoms with Crippen molar-refractivity contribution in [3.8, 4) is 5.75 Å². The van der Waals surface area contributed by atoms with Gasteiger partial charge in [-0.3, -0.25) is 4.79 Å². The van der Waals surface area contributed by atoms with Crippen LogP contribution in [0, 0.1) is 5.92 Å². The number of nitrogens with zero attached hydrogens (tertiary/aromatic N) is 2. The average Bonchev–Trinajstić information content (AvgIpc) is 2.69. The number of carbonyl (C=O) groups is 3. The number of aliphatic carboxylic acids is 1. The predicted molar refractivity (Wildman–Crippen MR) is 104 cm³/mol. The minimum absolute atomic E-state index is 0.164. The van der Waals surface area contributed by atoms with Crippen LogP contribution >= 0.6 is 0 Å². The third-order valence-electron chi connectivity index (χ3n) is 4.92. The number of carboxylic acids is 1. The number of hydrogen-bond donors (Lipinski definition) is 3. The number of nitrogens with two attached hydrogens (primary N) is 1. The number of pyridine rings is 1. The summed E-state index contributed by atoms with van der Waals surface area (Å²) in [4.78, 5) is 41.5. The molecule has 2 heterocycles. The van der Waals surface area contributed by atoms with Crippen molar-refractivity contribution in [2.45, 2.75) is 25.4 Å². The Hall–Kier alpha value is -3.62. The lowest BCUT2D eigenvalue weighted by Gasteiger charge is -2.43. The van der Waals surface area contributed by atoms with E-state index in [1.165, 1.54) is 13.3 Å². The molecule has 9 nitrogen and oxygen atoms in total. The second-order valence-electron chi connectivity index (χ2n) is 6.84. The first-order valence-corrected chi connectivity index (χ1v) is 9.02. The molecule has 1 fully saturated rings. The highest BCUT2D eigenvalue weighted by molar-refractivity contribution is 6.07. The Bertz CT molecular complexity index is 948. The number of rotatable bonds is 6. The minimum Gasteiger partial charge on any atom is -0.497 e. The first-order chi connectivity index (χ1) is 13.8. The van der Waals surface area contributed by atoms with Gasteiger partial charge in [0, 0.05) is 6.20 Å². The van der Waals surface area contributed by atoms with Crippen molar-refractivity contribution in [3.63, 3.8) is 0 Å². The number of anilines is 1. The quantitative estimate of drug-likeness (QED) is 0.629. The van der Waals surface area contributed by atoms with E-state index in [9.17, 15) is 19.5 Å². The highest BCUT2D eigenvalue weighted by Crippen LogP contribution is 2.31. The molecular formula is C20H22N4O5. The van der Waals surface area contributed by atoms with Crippen molar-refractivity contribution in [3.05, 3.63) is 53.7 Å². The molecule has 1 aromatic carbocycles. The van der Waals surface area contributed by atoms with E-state index in [1.54, 1.807) is 43.3 Å². The average molecular weight is 398 g/mol. The maximum atomic E-state index is 12.6. The second-order valence-corrected chi connectivity index (χ2v) is 6.84. The normalized spacial score (nSPS) is 19.2. The monoisotopic (exact) mass is 398 g/mol. The molecule has 1 saturated heterocycles. The Balaban J connectivity index is 1.71. The smallest absolute Gasteiger partial charge is 0.327 e. The number of β-lactam (4-membered cyclic amide) rings is 1. The van der Waals surface area contributed by atoms with Gasteiger partial charge in [0.25, 0.3) is 0 Å². The van der Waals surface area contributed by atoms with E-state index in [0.29, 0.717) is 11.3 Å². The van der Waals surface area contributed by atoms with E-state index in [1.807, 2.05) is 0 Å². The molecule has 0 spiro atoms. The largest absolute Gasteiger partial charge is 0.497 e. The van der Waals surface area contributed by atoms with Gasteiger partial charge in [0.2, 0.25) is 5.91 Å². The van der Waals surface area contributed by atoms with Gasteiger partial charge < -0.3 is 20.9 Å². The molecule has 1 aromatic heterocycles. The number of carbonyl (C=O) groups excluding carboxylic acids is 2. The summed E-state index contributed by atoms with van der Waals surface area (Å²) in [5, 5.41) is 12.2. The summed E-state index contributed by atoms with van der Waals surface area (Å²) in [6, 6.07) is 7.92. The van der Waals surface area contributed by atoms with Crippen LogP contribution in [0.1, 0.15) is 24.1 Å². The minimum atomic E-state index is -1.24. The maximum absolute atomic E-state index is 12.6. The number of imide groups is 1. The van der Waals surface area contributed by atoms with Crippen molar-refractivity contribution in [1.29, 1.82) is 0 Å². The zero-order valence-electron chi connectivity index (χ0n) is 16.0. The van der Waals surface area contributed by atoms with Crippen LogP contribution in [0.2, 0.25) is 0 Å². The van der Waals surface area contributed by atoms with Crippen LogP contribution in [0.5, 0.6) is 5.75 Å². The fourth-order valence-corrected chi connectivity index (χ4v) is 3.38. The summed E-state index contributed by atoms with van der Waals surface area (Å²) in [7, 11) is 1.54. The summed E-state index contributed by atoms with van der Waals surface area (Å²) in [6.07, 6.45) is 1.65. The molecule has 0 bridgehead atoms. The Labute approximate surface area is 167 Å². The molecule has 9 heteroatoms. The SMILES string of the molecule is COc1cccc([C@@H](C)NC(=O)N2C(=O)[C@H](Cc3ccnc(N)c3)[C@H]2C(=O)O)c1. The summed E-state index contributed by atoms with van der Waals surface area (Å²) in [5.41, 5.74) is 7.09. The van der Waals surface area contributed by atoms with Gasteiger partial charge in [-0.2, -0.15) is 0 Å². The zero-order valence-corrected chi connectivity index (χ0v) is 16.0. The van der Waals surface area contributed by atoms with Crippen LogP contribution < -0.4 is 15.8 Å².